The van der Waals surface area contributed by atoms with Gasteiger partial charge in [-0.05, 0) is 43.7 Å². The number of thioether (sulfide) groups is 1. The van der Waals surface area contributed by atoms with Gasteiger partial charge in [-0.1, -0.05) is 24.3 Å². The molecule has 2 aromatic carbocycles. The average molecular weight is 448 g/mol. The lowest BCUT2D eigenvalue weighted by atomic mass is 10.1. The van der Waals surface area contributed by atoms with Crippen molar-refractivity contribution in [2.45, 2.75) is 26.1 Å². The fourth-order valence-corrected chi connectivity index (χ4v) is 4.34. The van der Waals surface area contributed by atoms with E-state index in [0.717, 1.165) is 39.5 Å². The monoisotopic (exact) mass is 447 g/mol. The second kappa shape index (κ2) is 9.82. The van der Waals surface area contributed by atoms with Gasteiger partial charge in [-0.25, -0.2) is 9.97 Å². The molecular weight excluding hydrogens is 422 g/mol. The molecular formula is C24H25N5O2S. The van der Waals surface area contributed by atoms with Crippen LogP contribution < -0.4 is 10.9 Å². The molecule has 0 saturated carbocycles. The number of nitrogens with zero attached hydrogens (tertiary/aromatic N) is 3. The number of nitrogens with one attached hydrogen (secondary N) is 2. The fourth-order valence-electron chi connectivity index (χ4n) is 3.46. The van der Waals surface area contributed by atoms with Crippen molar-refractivity contribution in [3.63, 3.8) is 0 Å². The maximum atomic E-state index is 12.7. The lowest BCUT2D eigenvalue weighted by Gasteiger charge is -2.12. The topological polar surface area (TPSA) is 92.7 Å². The van der Waals surface area contributed by atoms with Crippen LogP contribution in [0.3, 0.4) is 0 Å². The zero-order valence-electron chi connectivity index (χ0n) is 18.1. The highest BCUT2D eigenvalue weighted by molar-refractivity contribution is 7.98. The Kier molecular flexibility index (Phi) is 6.70. The number of benzene rings is 2. The van der Waals surface area contributed by atoms with Crippen LogP contribution in [0.25, 0.3) is 11.0 Å². The largest absolute Gasteiger partial charge is 0.351 e. The van der Waals surface area contributed by atoms with Crippen molar-refractivity contribution in [3.8, 4) is 0 Å². The predicted octanol–water partition coefficient (Wildman–Crippen LogP) is 3.45. The standard InChI is InChI=1S/C24H25N5O2S/c1-16-21(27-15-26-16)14-32-12-11-25-23(30)19-9-7-18(8-10-19)13-29-22-6-4-3-5-20(22)28-17(2)24(29)31/h3-10,15H,11-14H2,1-2H3,(H,25,30)(H,26,27). The Labute approximate surface area is 190 Å². The molecule has 2 aromatic heterocycles. The number of carbonyl (C=O) groups is 1. The van der Waals surface area contributed by atoms with E-state index in [-0.39, 0.29) is 11.5 Å². The molecule has 4 rings (SSSR count). The number of amides is 1. The second-order valence-corrected chi connectivity index (χ2v) is 8.66. The number of hydrogen-bond acceptors (Lipinski definition) is 5. The maximum absolute atomic E-state index is 12.7. The van der Waals surface area contributed by atoms with Gasteiger partial charge >= 0.3 is 0 Å². The molecule has 0 spiro atoms. The van der Waals surface area contributed by atoms with Crippen molar-refractivity contribution in [1.82, 2.24) is 24.8 Å². The first-order valence-corrected chi connectivity index (χ1v) is 11.6. The Bertz CT molecular complexity index is 1290. The fraction of sp³-hybridized carbons (Fsp3) is 0.250. The zero-order chi connectivity index (χ0) is 22.5. The van der Waals surface area contributed by atoms with Crippen LogP contribution in [0, 0.1) is 13.8 Å². The highest BCUT2D eigenvalue weighted by Gasteiger charge is 2.10. The first-order chi connectivity index (χ1) is 15.5. The minimum Gasteiger partial charge on any atom is -0.351 e. The summed E-state index contributed by atoms with van der Waals surface area (Å²) in [5.41, 5.74) is 5.64. The number of aromatic amines is 1. The summed E-state index contributed by atoms with van der Waals surface area (Å²) in [4.78, 5) is 36.8. The van der Waals surface area contributed by atoms with Gasteiger partial charge in [-0.15, -0.1) is 0 Å². The van der Waals surface area contributed by atoms with Gasteiger partial charge in [0.1, 0.15) is 5.69 Å². The van der Waals surface area contributed by atoms with Gasteiger partial charge in [-0.2, -0.15) is 11.8 Å². The number of rotatable bonds is 8. The molecule has 8 heteroatoms. The van der Waals surface area contributed by atoms with Crippen LogP contribution in [0.1, 0.15) is 33.0 Å². The number of aromatic nitrogens is 4. The third-order valence-electron chi connectivity index (χ3n) is 5.28. The van der Waals surface area contributed by atoms with Gasteiger partial charge < -0.3 is 14.9 Å². The Hall–Kier alpha value is -3.39. The van der Waals surface area contributed by atoms with Crippen LogP contribution in [0.4, 0.5) is 0 Å². The van der Waals surface area contributed by atoms with Crippen molar-refractivity contribution < 1.29 is 4.79 Å². The molecule has 0 fully saturated rings. The normalized spacial score (nSPS) is 11.1. The molecule has 2 N–H and O–H groups in total. The third-order valence-corrected chi connectivity index (χ3v) is 6.25. The summed E-state index contributed by atoms with van der Waals surface area (Å²) < 4.78 is 1.73. The van der Waals surface area contributed by atoms with E-state index >= 15 is 0 Å². The molecule has 2 heterocycles. The number of hydrogen-bond donors (Lipinski definition) is 2. The first kappa shape index (κ1) is 21.8. The molecule has 0 saturated heterocycles. The summed E-state index contributed by atoms with van der Waals surface area (Å²) in [6.07, 6.45) is 1.70. The number of carbonyl (C=O) groups excluding carboxylic acids is 1. The van der Waals surface area contributed by atoms with E-state index < -0.39 is 0 Å². The molecule has 1 amide bonds. The van der Waals surface area contributed by atoms with Crippen molar-refractivity contribution in [3.05, 3.63) is 93.4 Å². The van der Waals surface area contributed by atoms with Gasteiger partial charge in [0.15, 0.2) is 0 Å². The SMILES string of the molecule is Cc1[nH]cnc1CSCCNC(=O)c1ccc(Cn2c(=O)c(C)nc3ccccc32)cc1. The highest BCUT2D eigenvalue weighted by Crippen LogP contribution is 2.14. The van der Waals surface area contributed by atoms with Crippen molar-refractivity contribution >= 4 is 28.7 Å². The molecule has 164 valence electrons. The Morgan fingerprint density at radius 1 is 1.12 bits per heavy atom. The quantitative estimate of drug-likeness (QED) is 0.404. The van der Waals surface area contributed by atoms with Crippen LogP contribution >= 0.6 is 11.8 Å². The number of imidazole rings is 1. The number of aryl methyl sites for hydroxylation is 2. The number of H-pyrrole nitrogens is 1. The molecule has 4 aromatic rings. The average Bonchev–Trinajstić information content (AvgIpc) is 3.21. The Morgan fingerprint density at radius 2 is 1.91 bits per heavy atom. The van der Waals surface area contributed by atoms with Crippen LogP contribution in [0.2, 0.25) is 0 Å². The van der Waals surface area contributed by atoms with E-state index in [2.05, 4.69) is 20.3 Å². The first-order valence-electron chi connectivity index (χ1n) is 10.4. The van der Waals surface area contributed by atoms with Gasteiger partial charge in [-0.3, -0.25) is 9.59 Å². The van der Waals surface area contributed by atoms with Gasteiger partial charge in [0.05, 0.1) is 29.6 Å². The van der Waals surface area contributed by atoms with E-state index in [4.69, 9.17) is 0 Å². The van der Waals surface area contributed by atoms with Crippen molar-refractivity contribution in [1.29, 1.82) is 0 Å². The number of fused-ring (bicyclic) bond motifs is 1. The molecule has 0 unspecified atom stereocenters. The van der Waals surface area contributed by atoms with Gasteiger partial charge in [0, 0.05) is 29.3 Å². The van der Waals surface area contributed by atoms with Gasteiger partial charge in [0.25, 0.3) is 11.5 Å². The summed E-state index contributed by atoms with van der Waals surface area (Å²) in [6.45, 7) is 4.75. The smallest absolute Gasteiger partial charge is 0.272 e. The summed E-state index contributed by atoms with van der Waals surface area (Å²) in [7, 11) is 0. The summed E-state index contributed by atoms with van der Waals surface area (Å²) >= 11 is 1.73. The highest BCUT2D eigenvalue weighted by atomic mass is 32.2. The molecule has 7 nitrogen and oxygen atoms in total. The van der Waals surface area contributed by atoms with E-state index in [1.165, 1.54) is 0 Å². The molecule has 0 bridgehead atoms. The summed E-state index contributed by atoms with van der Waals surface area (Å²) in [5, 5.41) is 2.95. The molecule has 0 radical (unpaired) electrons. The number of para-hydroxylation sites is 2. The Morgan fingerprint density at radius 3 is 2.66 bits per heavy atom. The van der Waals surface area contributed by atoms with Crippen LogP contribution in [-0.4, -0.2) is 37.7 Å². The minimum absolute atomic E-state index is 0.101. The van der Waals surface area contributed by atoms with E-state index in [0.29, 0.717) is 24.3 Å². The summed E-state index contributed by atoms with van der Waals surface area (Å²) in [5.74, 6) is 1.53. The second-order valence-electron chi connectivity index (χ2n) is 7.56. The van der Waals surface area contributed by atoms with Crippen molar-refractivity contribution in [2.24, 2.45) is 0 Å². The lowest BCUT2D eigenvalue weighted by Crippen LogP contribution is -2.26. The van der Waals surface area contributed by atoms with Crippen molar-refractivity contribution in [2.75, 3.05) is 12.3 Å². The molecule has 0 atom stereocenters. The van der Waals surface area contributed by atoms with E-state index in [1.807, 2.05) is 43.3 Å². The maximum Gasteiger partial charge on any atom is 0.272 e. The van der Waals surface area contributed by atoms with Crippen LogP contribution in [-0.2, 0) is 12.3 Å². The van der Waals surface area contributed by atoms with Crippen LogP contribution in [0.5, 0.6) is 0 Å². The summed E-state index contributed by atoms with van der Waals surface area (Å²) in [6, 6.07) is 15.0. The molecule has 0 aliphatic heterocycles. The van der Waals surface area contributed by atoms with Gasteiger partial charge in [0.2, 0.25) is 0 Å². The van der Waals surface area contributed by atoms with E-state index in [1.54, 1.807) is 41.7 Å². The zero-order valence-corrected chi connectivity index (χ0v) is 18.9. The third kappa shape index (κ3) is 4.91. The van der Waals surface area contributed by atoms with E-state index in [9.17, 15) is 9.59 Å². The predicted molar refractivity (Wildman–Crippen MR) is 128 cm³/mol. The van der Waals surface area contributed by atoms with Crippen LogP contribution in [0.15, 0.2) is 59.7 Å². The molecule has 0 aliphatic rings. The molecule has 0 aliphatic carbocycles. The lowest BCUT2D eigenvalue weighted by molar-refractivity contribution is 0.0956. The minimum atomic E-state index is -0.104. The Balaban J connectivity index is 1.35. The molecule has 32 heavy (non-hydrogen) atoms.